The molecule has 0 saturated heterocycles. The van der Waals surface area contributed by atoms with Crippen LogP contribution in [0.4, 0.5) is 5.82 Å². The largest absolute Gasteiger partial charge is 0.394 e. The van der Waals surface area contributed by atoms with Gasteiger partial charge in [0.2, 0.25) is 0 Å². The van der Waals surface area contributed by atoms with E-state index in [1.807, 2.05) is 42.9 Å². The first-order chi connectivity index (χ1) is 11.2. The van der Waals surface area contributed by atoms with Gasteiger partial charge in [0.15, 0.2) is 0 Å². The van der Waals surface area contributed by atoms with Crippen molar-refractivity contribution in [1.82, 2.24) is 14.8 Å². The highest BCUT2D eigenvalue weighted by Crippen LogP contribution is 2.26. The summed E-state index contributed by atoms with van der Waals surface area (Å²) in [6.07, 6.45) is 1.92. The molecule has 6 heteroatoms. The van der Waals surface area contributed by atoms with Crippen molar-refractivity contribution in [3.8, 4) is 10.4 Å². The molecule has 0 bridgehead atoms. The Morgan fingerprint density at radius 1 is 1.22 bits per heavy atom. The van der Waals surface area contributed by atoms with E-state index >= 15 is 0 Å². The Labute approximate surface area is 139 Å². The fourth-order valence-electron chi connectivity index (χ4n) is 2.44. The first-order valence-electron chi connectivity index (χ1n) is 7.58. The maximum Gasteiger partial charge on any atom is 0.127 e. The van der Waals surface area contributed by atoms with E-state index in [0.29, 0.717) is 13.1 Å². The molecule has 23 heavy (non-hydrogen) atoms. The molecule has 0 aliphatic carbocycles. The molecule has 2 N–H and O–H groups in total. The van der Waals surface area contributed by atoms with Crippen molar-refractivity contribution in [2.45, 2.75) is 26.9 Å². The van der Waals surface area contributed by atoms with Crippen LogP contribution in [0.25, 0.3) is 10.4 Å². The maximum absolute atomic E-state index is 9.16. The Morgan fingerprint density at radius 2 is 2.00 bits per heavy atom. The quantitative estimate of drug-likeness (QED) is 0.729. The van der Waals surface area contributed by atoms with Gasteiger partial charge in [-0.25, -0.2) is 9.67 Å². The average molecular weight is 328 g/mol. The van der Waals surface area contributed by atoms with Crippen LogP contribution in [-0.2, 0) is 13.1 Å². The molecule has 0 fully saturated rings. The number of nitrogens with one attached hydrogen (secondary N) is 1. The standard InChI is InChI=1S/C17H20N4OS/c1-12-13(2)20-21(8-9-22)17(12)19-11-16-18-10-15(23-16)14-6-4-3-5-7-14/h3-7,10,19,22H,8-9,11H2,1-2H3. The number of benzene rings is 1. The monoisotopic (exact) mass is 328 g/mol. The lowest BCUT2D eigenvalue weighted by Crippen LogP contribution is -2.10. The number of hydrogen-bond acceptors (Lipinski definition) is 5. The fraction of sp³-hybridized carbons (Fsp3) is 0.294. The zero-order chi connectivity index (χ0) is 16.2. The van der Waals surface area contributed by atoms with E-state index in [1.165, 1.54) is 10.4 Å². The summed E-state index contributed by atoms with van der Waals surface area (Å²) in [4.78, 5) is 5.66. The van der Waals surface area contributed by atoms with Crippen molar-refractivity contribution in [3.63, 3.8) is 0 Å². The smallest absolute Gasteiger partial charge is 0.127 e. The summed E-state index contributed by atoms with van der Waals surface area (Å²) < 4.78 is 1.82. The zero-order valence-electron chi connectivity index (χ0n) is 13.3. The van der Waals surface area contributed by atoms with E-state index in [2.05, 4.69) is 27.5 Å². The van der Waals surface area contributed by atoms with Crippen molar-refractivity contribution < 1.29 is 5.11 Å². The first kappa shape index (κ1) is 15.7. The van der Waals surface area contributed by atoms with Crippen LogP contribution >= 0.6 is 11.3 Å². The molecule has 2 aromatic heterocycles. The summed E-state index contributed by atoms with van der Waals surface area (Å²) in [7, 11) is 0. The van der Waals surface area contributed by atoms with Crippen molar-refractivity contribution >= 4 is 17.2 Å². The minimum absolute atomic E-state index is 0.0741. The normalized spacial score (nSPS) is 10.9. The van der Waals surface area contributed by atoms with E-state index in [4.69, 9.17) is 5.11 Å². The van der Waals surface area contributed by atoms with Crippen LogP contribution in [-0.4, -0.2) is 26.5 Å². The molecule has 0 atom stereocenters. The SMILES string of the molecule is Cc1nn(CCO)c(NCc2ncc(-c3ccccc3)s2)c1C. The number of aromatic nitrogens is 3. The maximum atomic E-state index is 9.16. The lowest BCUT2D eigenvalue weighted by atomic mass is 10.2. The highest BCUT2D eigenvalue weighted by atomic mass is 32.1. The molecule has 0 saturated carbocycles. The summed E-state index contributed by atoms with van der Waals surface area (Å²) in [6, 6.07) is 10.3. The van der Waals surface area contributed by atoms with E-state index < -0.39 is 0 Å². The predicted octanol–water partition coefficient (Wildman–Crippen LogP) is 3.23. The molecule has 0 spiro atoms. The second-order valence-corrected chi connectivity index (χ2v) is 6.46. The molecule has 0 aliphatic rings. The van der Waals surface area contributed by atoms with Gasteiger partial charge in [0.05, 0.1) is 30.3 Å². The van der Waals surface area contributed by atoms with Gasteiger partial charge in [0, 0.05) is 11.8 Å². The van der Waals surface area contributed by atoms with Gasteiger partial charge in [-0.15, -0.1) is 11.3 Å². The van der Waals surface area contributed by atoms with E-state index in [-0.39, 0.29) is 6.61 Å². The second kappa shape index (κ2) is 6.93. The molecule has 120 valence electrons. The first-order valence-corrected chi connectivity index (χ1v) is 8.39. The number of aliphatic hydroxyl groups is 1. The molecule has 2 heterocycles. The lowest BCUT2D eigenvalue weighted by molar-refractivity contribution is 0.270. The van der Waals surface area contributed by atoms with Crippen LogP contribution in [0.2, 0.25) is 0 Å². The van der Waals surface area contributed by atoms with Gasteiger partial charge >= 0.3 is 0 Å². The Kier molecular flexibility index (Phi) is 4.73. The molecule has 0 aliphatic heterocycles. The molecule has 3 rings (SSSR count). The van der Waals surface area contributed by atoms with Gasteiger partial charge in [0.25, 0.3) is 0 Å². The van der Waals surface area contributed by atoms with Crippen molar-refractivity contribution in [3.05, 3.63) is 52.8 Å². The predicted molar refractivity (Wildman–Crippen MR) is 93.7 cm³/mol. The number of anilines is 1. The molecular formula is C17H20N4OS. The van der Waals surface area contributed by atoms with E-state index in [1.54, 1.807) is 11.3 Å². The Hall–Kier alpha value is -2.18. The Morgan fingerprint density at radius 3 is 2.74 bits per heavy atom. The average Bonchev–Trinajstić information content (AvgIpc) is 3.13. The topological polar surface area (TPSA) is 63.0 Å². The molecule has 0 unspecified atom stereocenters. The summed E-state index contributed by atoms with van der Waals surface area (Å²) in [5, 5.41) is 18.0. The van der Waals surface area contributed by atoms with Gasteiger partial charge in [-0.1, -0.05) is 30.3 Å². The number of aliphatic hydroxyl groups excluding tert-OH is 1. The number of hydrogen-bond donors (Lipinski definition) is 2. The minimum Gasteiger partial charge on any atom is -0.394 e. The van der Waals surface area contributed by atoms with Gasteiger partial charge in [-0.3, -0.25) is 0 Å². The molecule has 0 amide bonds. The minimum atomic E-state index is 0.0741. The van der Waals surface area contributed by atoms with Gasteiger partial charge in [0.1, 0.15) is 10.8 Å². The molecule has 5 nitrogen and oxygen atoms in total. The highest BCUT2D eigenvalue weighted by Gasteiger charge is 2.12. The highest BCUT2D eigenvalue weighted by molar-refractivity contribution is 7.15. The number of nitrogens with zero attached hydrogens (tertiary/aromatic N) is 3. The molecule has 3 aromatic rings. The Bertz CT molecular complexity index is 779. The summed E-state index contributed by atoms with van der Waals surface area (Å²) in [5.41, 5.74) is 3.27. The van der Waals surface area contributed by atoms with Gasteiger partial charge in [-0.2, -0.15) is 5.10 Å². The van der Waals surface area contributed by atoms with Crippen LogP contribution in [0, 0.1) is 13.8 Å². The van der Waals surface area contributed by atoms with Crippen LogP contribution in [0.1, 0.15) is 16.3 Å². The van der Waals surface area contributed by atoms with Crippen molar-refractivity contribution in [2.24, 2.45) is 0 Å². The van der Waals surface area contributed by atoms with Crippen LogP contribution in [0.15, 0.2) is 36.5 Å². The summed E-state index contributed by atoms with van der Waals surface area (Å²) >= 11 is 1.68. The van der Waals surface area contributed by atoms with E-state index in [9.17, 15) is 0 Å². The molecule has 0 radical (unpaired) electrons. The van der Waals surface area contributed by atoms with Crippen LogP contribution < -0.4 is 5.32 Å². The van der Waals surface area contributed by atoms with Gasteiger partial charge in [-0.05, 0) is 19.4 Å². The summed E-state index contributed by atoms with van der Waals surface area (Å²) in [5.74, 6) is 0.952. The second-order valence-electron chi connectivity index (χ2n) is 5.34. The molecular weight excluding hydrogens is 308 g/mol. The van der Waals surface area contributed by atoms with Crippen molar-refractivity contribution in [1.29, 1.82) is 0 Å². The number of rotatable bonds is 6. The van der Waals surface area contributed by atoms with Crippen LogP contribution in [0.3, 0.4) is 0 Å². The van der Waals surface area contributed by atoms with Gasteiger partial charge < -0.3 is 10.4 Å². The van der Waals surface area contributed by atoms with E-state index in [0.717, 1.165) is 22.1 Å². The fourth-order valence-corrected chi connectivity index (χ4v) is 3.30. The number of aryl methyl sites for hydroxylation is 1. The molecule has 1 aromatic carbocycles. The third-order valence-corrected chi connectivity index (χ3v) is 4.80. The summed E-state index contributed by atoms with van der Waals surface area (Å²) in [6.45, 7) is 5.23. The third kappa shape index (κ3) is 3.43. The zero-order valence-corrected chi connectivity index (χ0v) is 14.1. The third-order valence-electron chi connectivity index (χ3n) is 3.76. The number of thiazole rings is 1. The Balaban J connectivity index is 1.73. The van der Waals surface area contributed by atoms with Crippen molar-refractivity contribution in [2.75, 3.05) is 11.9 Å². The lowest BCUT2D eigenvalue weighted by Gasteiger charge is -2.08. The van der Waals surface area contributed by atoms with Crippen LogP contribution in [0.5, 0.6) is 0 Å².